The van der Waals surface area contributed by atoms with Crippen LogP contribution in [0.1, 0.15) is 23.7 Å². The van der Waals surface area contributed by atoms with Gasteiger partial charge >= 0.3 is 5.97 Å². The molecule has 1 saturated heterocycles. The topological polar surface area (TPSA) is 92.9 Å². The summed E-state index contributed by atoms with van der Waals surface area (Å²) in [5.74, 6) is -1.09. The van der Waals surface area contributed by atoms with Crippen molar-refractivity contribution in [3.8, 4) is 0 Å². The molecule has 0 radical (unpaired) electrons. The van der Waals surface area contributed by atoms with Gasteiger partial charge in [-0.2, -0.15) is 0 Å². The van der Waals surface area contributed by atoms with E-state index in [-0.39, 0.29) is 17.3 Å². The molecular formula is C13H16N2O5. The molecule has 108 valence electrons. The van der Waals surface area contributed by atoms with E-state index >= 15 is 0 Å². The third-order valence-corrected chi connectivity index (χ3v) is 3.43. The number of hydrogen-bond donors (Lipinski definition) is 1. The van der Waals surface area contributed by atoms with Gasteiger partial charge in [0.15, 0.2) is 0 Å². The van der Waals surface area contributed by atoms with Crippen molar-refractivity contribution in [1.29, 1.82) is 0 Å². The summed E-state index contributed by atoms with van der Waals surface area (Å²) in [6, 6.07) is 3.90. The highest BCUT2D eigenvalue weighted by molar-refractivity contribution is 5.90. The van der Waals surface area contributed by atoms with E-state index in [1.807, 2.05) is 11.8 Å². The van der Waals surface area contributed by atoms with E-state index in [1.54, 1.807) is 0 Å². The van der Waals surface area contributed by atoms with Gasteiger partial charge in [-0.25, -0.2) is 4.79 Å². The van der Waals surface area contributed by atoms with Gasteiger partial charge in [-0.1, -0.05) is 6.92 Å². The van der Waals surface area contributed by atoms with E-state index in [4.69, 9.17) is 9.84 Å². The van der Waals surface area contributed by atoms with E-state index in [0.717, 1.165) is 6.42 Å². The lowest BCUT2D eigenvalue weighted by Gasteiger charge is -2.36. The summed E-state index contributed by atoms with van der Waals surface area (Å²) in [5.41, 5.74) is 0.326. The van der Waals surface area contributed by atoms with Crippen molar-refractivity contribution in [2.45, 2.75) is 19.4 Å². The third-order valence-electron chi connectivity index (χ3n) is 3.43. The van der Waals surface area contributed by atoms with Gasteiger partial charge in [0.25, 0.3) is 5.69 Å². The van der Waals surface area contributed by atoms with Crippen LogP contribution in [0, 0.1) is 10.1 Å². The number of benzene rings is 1. The number of carbonyl (C=O) groups is 1. The Bertz CT molecular complexity index is 531. The minimum atomic E-state index is -1.09. The number of rotatable bonds is 4. The van der Waals surface area contributed by atoms with E-state index in [1.165, 1.54) is 18.2 Å². The number of nitrogens with zero attached hydrogens (tertiary/aromatic N) is 2. The van der Waals surface area contributed by atoms with E-state index in [0.29, 0.717) is 25.4 Å². The summed E-state index contributed by atoms with van der Waals surface area (Å²) in [4.78, 5) is 23.6. The van der Waals surface area contributed by atoms with Gasteiger partial charge in [0, 0.05) is 12.6 Å². The van der Waals surface area contributed by atoms with Crippen molar-refractivity contribution in [3.63, 3.8) is 0 Å². The van der Waals surface area contributed by atoms with Crippen LogP contribution in [0.2, 0.25) is 0 Å². The molecule has 0 spiro atoms. The Kier molecular flexibility index (Phi) is 4.19. The van der Waals surface area contributed by atoms with Gasteiger partial charge in [-0.05, 0) is 18.6 Å². The number of nitro groups is 1. The van der Waals surface area contributed by atoms with Gasteiger partial charge in [-0.3, -0.25) is 10.1 Å². The monoisotopic (exact) mass is 280 g/mol. The Morgan fingerprint density at radius 1 is 1.60 bits per heavy atom. The third kappa shape index (κ3) is 2.72. The van der Waals surface area contributed by atoms with Crippen molar-refractivity contribution >= 4 is 17.3 Å². The lowest BCUT2D eigenvalue weighted by Crippen LogP contribution is -2.45. The number of aromatic carboxylic acids is 1. The molecule has 2 rings (SSSR count). The van der Waals surface area contributed by atoms with Crippen molar-refractivity contribution in [2.24, 2.45) is 0 Å². The van der Waals surface area contributed by atoms with Crippen LogP contribution in [0.25, 0.3) is 0 Å². The molecule has 1 aliphatic heterocycles. The first-order valence-corrected chi connectivity index (χ1v) is 6.40. The fourth-order valence-electron chi connectivity index (χ4n) is 2.35. The molecule has 1 fully saturated rings. The fraction of sp³-hybridized carbons (Fsp3) is 0.462. The average Bonchev–Trinajstić information content (AvgIpc) is 2.46. The smallest absolute Gasteiger partial charge is 0.335 e. The van der Waals surface area contributed by atoms with Gasteiger partial charge in [0.1, 0.15) is 5.69 Å². The van der Waals surface area contributed by atoms with Crippen molar-refractivity contribution in [1.82, 2.24) is 0 Å². The molecule has 0 bridgehead atoms. The Labute approximate surface area is 115 Å². The van der Waals surface area contributed by atoms with Crippen LogP contribution in [0.5, 0.6) is 0 Å². The standard InChI is InChI=1S/C13H16N2O5/c1-2-10-8-20-6-5-14(10)12-7-9(13(16)17)3-4-11(12)15(18)19/h3-4,7,10H,2,5-6,8H2,1H3,(H,16,17). The number of carboxylic acid groups (broad SMARTS) is 1. The van der Waals surface area contributed by atoms with Gasteiger partial charge in [0.05, 0.1) is 29.7 Å². The Morgan fingerprint density at radius 2 is 2.35 bits per heavy atom. The molecule has 7 nitrogen and oxygen atoms in total. The van der Waals surface area contributed by atoms with Crippen LogP contribution in [0.4, 0.5) is 11.4 Å². The maximum atomic E-state index is 11.1. The van der Waals surface area contributed by atoms with Gasteiger partial charge in [-0.15, -0.1) is 0 Å². The first-order chi connectivity index (χ1) is 9.54. The number of ether oxygens (including phenoxy) is 1. The first kappa shape index (κ1) is 14.3. The zero-order chi connectivity index (χ0) is 14.7. The molecule has 1 aliphatic rings. The van der Waals surface area contributed by atoms with Crippen molar-refractivity contribution in [3.05, 3.63) is 33.9 Å². The Morgan fingerprint density at radius 3 is 2.95 bits per heavy atom. The average molecular weight is 280 g/mol. The molecule has 0 saturated carbocycles. The molecule has 1 atom stereocenters. The summed E-state index contributed by atoms with van der Waals surface area (Å²) in [5, 5.41) is 20.2. The molecule has 7 heteroatoms. The molecule has 0 aromatic heterocycles. The minimum absolute atomic E-state index is 0.0199. The number of morpholine rings is 1. The summed E-state index contributed by atoms with van der Waals surface area (Å²) in [6.07, 6.45) is 0.772. The second-order valence-electron chi connectivity index (χ2n) is 4.60. The van der Waals surface area contributed by atoms with E-state index in [2.05, 4.69) is 0 Å². The highest BCUT2D eigenvalue weighted by atomic mass is 16.6. The highest BCUT2D eigenvalue weighted by Crippen LogP contribution is 2.32. The van der Waals surface area contributed by atoms with Crippen LogP contribution in [0.3, 0.4) is 0 Å². The summed E-state index contributed by atoms with van der Waals surface area (Å²) >= 11 is 0. The minimum Gasteiger partial charge on any atom is -0.478 e. The number of nitro benzene ring substituents is 1. The molecule has 20 heavy (non-hydrogen) atoms. The van der Waals surface area contributed by atoms with Crippen LogP contribution in [-0.2, 0) is 4.74 Å². The zero-order valence-electron chi connectivity index (χ0n) is 11.1. The second-order valence-corrected chi connectivity index (χ2v) is 4.60. The maximum Gasteiger partial charge on any atom is 0.335 e. The van der Waals surface area contributed by atoms with Gasteiger partial charge < -0.3 is 14.7 Å². The SMILES string of the molecule is CCC1COCCN1c1cc(C(=O)O)ccc1[N+](=O)[O-]. The molecule has 1 aromatic rings. The van der Waals surface area contributed by atoms with E-state index < -0.39 is 10.9 Å². The summed E-state index contributed by atoms with van der Waals surface area (Å²) < 4.78 is 5.37. The zero-order valence-corrected chi connectivity index (χ0v) is 11.1. The van der Waals surface area contributed by atoms with E-state index in [9.17, 15) is 14.9 Å². The molecule has 0 amide bonds. The maximum absolute atomic E-state index is 11.1. The highest BCUT2D eigenvalue weighted by Gasteiger charge is 2.28. The molecule has 1 aromatic carbocycles. The lowest BCUT2D eigenvalue weighted by molar-refractivity contribution is -0.384. The molecular weight excluding hydrogens is 264 g/mol. The normalized spacial score (nSPS) is 18.9. The lowest BCUT2D eigenvalue weighted by atomic mass is 10.1. The quantitative estimate of drug-likeness (QED) is 0.669. The molecule has 1 unspecified atom stereocenters. The van der Waals surface area contributed by atoms with Crippen LogP contribution in [0.15, 0.2) is 18.2 Å². The van der Waals surface area contributed by atoms with Gasteiger partial charge in [0.2, 0.25) is 0 Å². The van der Waals surface area contributed by atoms with Crippen LogP contribution in [-0.4, -0.2) is 41.8 Å². The van der Waals surface area contributed by atoms with Crippen molar-refractivity contribution in [2.75, 3.05) is 24.7 Å². The second kappa shape index (κ2) is 5.87. The number of carboxylic acids is 1. The fourth-order valence-corrected chi connectivity index (χ4v) is 2.35. The summed E-state index contributed by atoms with van der Waals surface area (Å²) in [7, 11) is 0. The van der Waals surface area contributed by atoms with Crippen molar-refractivity contribution < 1.29 is 19.6 Å². The van der Waals surface area contributed by atoms with Crippen LogP contribution >= 0.6 is 0 Å². The Hall–Kier alpha value is -2.15. The summed E-state index contributed by atoms with van der Waals surface area (Å²) in [6.45, 7) is 3.46. The predicted molar refractivity (Wildman–Crippen MR) is 72.3 cm³/mol. The molecule has 0 aliphatic carbocycles. The first-order valence-electron chi connectivity index (χ1n) is 6.40. The Balaban J connectivity index is 2.47. The number of hydrogen-bond acceptors (Lipinski definition) is 5. The van der Waals surface area contributed by atoms with Crippen LogP contribution < -0.4 is 4.90 Å². The largest absolute Gasteiger partial charge is 0.478 e. The predicted octanol–water partition coefficient (Wildman–Crippen LogP) is 1.91. The molecule has 1 heterocycles. The number of anilines is 1. The molecule has 1 N–H and O–H groups in total.